The zero-order valence-corrected chi connectivity index (χ0v) is 61.1. The Hall–Kier alpha value is -9.94. The highest BCUT2D eigenvalue weighted by Crippen LogP contribution is 2.40. The van der Waals surface area contributed by atoms with Crippen molar-refractivity contribution in [2.24, 2.45) is 28.2 Å². The summed E-state index contributed by atoms with van der Waals surface area (Å²) in [6, 6.07) is 60.3. The third kappa shape index (κ3) is 12.2. The zero-order valence-electron chi connectivity index (χ0n) is 57.8. The van der Waals surface area contributed by atoms with Crippen LogP contribution in [0, 0.1) is 41.5 Å². The summed E-state index contributed by atoms with van der Waals surface area (Å²) in [6.07, 6.45) is 8.83. The molecule has 0 atom stereocenters. The van der Waals surface area contributed by atoms with Crippen molar-refractivity contribution in [2.75, 3.05) is 0 Å². The second-order valence-electron chi connectivity index (χ2n) is 27.6. The van der Waals surface area contributed by atoms with E-state index in [2.05, 4.69) is 335 Å². The van der Waals surface area contributed by atoms with Gasteiger partial charge in [-0.05, 0) is 237 Å². The molecule has 480 valence electrons. The fraction of sp³-hybridized carbons (Fsp3) is 0.159. The van der Waals surface area contributed by atoms with E-state index in [-0.39, 0.29) is 5.41 Å². The van der Waals surface area contributed by atoms with E-state index in [1.165, 1.54) is 164 Å². The number of aromatic nitrogens is 6. The second kappa shape index (κ2) is 25.8. The highest BCUT2D eigenvalue weighted by molar-refractivity contribution is 7.10. The summed E-state index contributed by atoms with van der Waals surface area (Å²) in [5.41, 5.74) is 23.4. The zero-order chi connectivity index (χ0) is 67.8. The summed E-state index contributed by atoms with van der Waals surface area (Å²) >= 11 is 6.94. The maximum Gasteiger partial charge on any atom is 0.214 e. The lowest BCUT2D eigenvalue weighted by atomic mass is 9.80. The van der Waals surface area contributed by atoms with E-state index in [4.69, 9.17) is 4.98 Å². The molecule has 18 rings (SSSR count). The number of aryl methyl sites for hydroxylation is 9. The third-order valence-electron chi connectivity index (χ3n) is 19.7. The average Bonchev–Trinajstić information content (AvgIpc) is 0.771. The Morgan fingerprint density at radius 2 is 0.735 bits per heavy atom. The molecule has 0 aliphatic heterocycles. The molecule has 0 aliphatic carbocycles. The molecule has 10 heteroatoms. The molecule has 0 fully saturated rings. The number of fused-ring (bicyclic) bond motifs is 10. The molecule has 0 aliphatic rings. The number of benzene rings is 9. The Morgan fingerprint density at radius 3 is 1.29 bits per heavy atom. The minimum atomic E-state index is 0.0836. The van der Waals surface area contributed by atoms with Gasteiger partial charge in [0.1, 0.15) is 44.7 Å². The van der Waals surface area contributed by atoms with Gasteiger partial charge in [0.2, 0.25) is 22.8 Å². The van der Waals surface area contributed by atoms with E-state index < -0.39 is 0 Å². The smallest absolute Gasteiger partial charge is 0.214 e. The van der Waals surface area contributed by atoms with Crippen molar-refractivity contribution < 1.29 is 18.3 Å². The van der Waals surface area contributed by atoms with Crippen LogP contribution in [0.5, 0.6) is 0 Å². The largest absolute Gasteiger partial charge is 0.243 e. The number of pyridine rings is 4. The van der Waals surface area contributed by atoms with Gasteiger partial charge in [-0.3, -0.25) is 0 Å². The first kappa shape index (κ1) is 64.1. The Kier molecular flexibility index (Phi) is 16.9. The molecule has 0 spiro atoms. The van der Waals surface area contributed by atoms with Gasteiger partial charge < -0.3 is 0 Å². The first-order valence-corrected chi connectivity index (χ1v) is 37.1. The van der Waals surface area contributed by atoms with E-state index in [0.29, 0.717) is 0 Å². The third-order valence-corrected chi connectivity index (χ3v) is 22.7. The van der Waals surface area contributed by atoms with Crippen molar-refractivity contribution >= 4 is 154 Å². The molecule has 98 heavy (non-hydrogen) atoms. The van der Waals surface area contributed by atoms with Gasteiger partial charge in [-0.1, -0.05) is 111 Å². The van der Waals surface area contributed by atoms with Crippen molar-refractivity contribution in [2.45, 2.75) is 67.7 Å². The van der Waals surface area contributed by atoms with Crippen molar-refractivity contribution in [3.63, 3.8) is 0 Å². The standard InChI is InChI=1S/C27H26NS.C23H18NS.C21H20NS.C17H14N3S/c1-17-22-8-6-7-9-23(22)25(27(2,3)4)13-24(17)26-12-18-10-20-15-29-16-21(20)11-19(18)14-28(26)5;1-15-7-8-16-5-3-4-6-21(16)23(15)22-11-17-9-19-13-25-14-20(19)10-18(17)12-24(22)2;1-13-5-14(2)15(3)20(6-13)21-9-16-7-18-11-23-12-19(18)8-17(16)10-22(21)4;1-11-5-3-4-6-12(11)17-7-13-14(8-20(17)2)19-16-10-21-9-15(16)18-13/h6-16H,1-5H3;3-14H,1-2H3;5-12H,1-4H3;3-10H,1-2H3/q4*+1. The summed E-state index contributed by atoms with van der Waals surface area (Å²) in [5, 5.41) is 38.5. The van der Waals surface area contributed by atoms with Crippen LogP contribution in [0.25, 0.3) is 153 Å². The number of thiophene rings is 4. The highest BCUT2D eigenvalue weighted by atomic mass is 32.1. The number of rotatable bonds is 4. The molecule has 0 radical (unpaired) electrons. The van der Waals surface area contributed by atoms with Crippen LogP contribution in [0.1, 0.15) is 59.7 Å². The summed E-state index contributed by atoms with van der Waals surface area (Å²) in [5.74, 6) is 0. The molecule has 0 saturated carbocycles. The fourth-order valence-electron chi connectivity index (χ4n) is 14.3. The quantitative estimate of drug-likeness (QED) is 0.165. The van der Waals surface area contributed by atoms with E-state index >= 15 is 0 Å². The lowest BCUT2D eigenvalue weighted by molar-refractivity contribution is -0.659. The Morgan fingerprint density at radius 1 is 0.296 bits per heavy atom. The first-order valence-electron chi connectivity index (χ1n) is 33.4. The first-order chi connectivity index (χ1) is 47.3. The van der Waals surface area contributed by atoms with Crippen molar-refractivity contribution in [3.05, 3.63) is 271 Å². The Balaban J connectivity index is 0.000000107. The van der Waals surface area contributed by atoms with Crippen molar-refractivity contribution in [1.29, 1.82) is 0 Å². The van der Waals surface area contributed by atoms with Crippen LogP contribution in [0.15, 0.2) is 232 Å². The van der Waals surface area contributed by atoms with Gasteiger partial charge in [0.25, 0.3) is 0 Å². The minimum Gasteiger partial charge on any atom is -0.243 e. The van der Waals surface area contributed by atoms with Crippen LogP contribution in [0.2, 0.25) is 0 Å². The molecule has 6 nitrogen and oxygen atoms in total. The van der Waals surface area contributed by atoms with Gasteiger partial charge in [0, 0.05) is 67.9 Å². The van der Waals surface area contributed by atoms with E-state index in [0.717, 1.165) is 27.8 Å². The van der Waals surface area contributed by atoms with Gasteiger partial charge in [0.15, 0.2) is 30.3 Å². The lowest BCUT2D eigenvalue weighted by Gasteiger charge is -2.24. The summed E-state index contributed by atoms with van der Waals surface area (Å²) in [4.78, 5) is 9.41. The molecular weight excluding hydrogens is 1270 g/mol. The molecule has 0 unspecified atom stereocenters. The number of nitrogens with zero attached hydrogens (tertiary/aromatic N) is 6. The SMILES string of the molecule is Cc1c(-c2cc3cc4cscc4cc3c[n+]2C)cc(C(C)(C)C)c2ccccc12.Cc1cc(C)c(C)c(-c2cc3cc4cscc4cc3c[n+]2C)c1.Cc1ccc2ccccc2c1-c1cc2cc3cscc3cc2c[n+]1C.Cc1ccccc1-c1cc2nc3cscc3nc2c[n+]1C. The van der Waals surface area contributed by atoms with Crippen LogP contribution in [-0.4, -0.2) is 9.97 Å². The predicted octanol–water partition coefficient (Wildman–Crippen LogP) is 22.4. The average molecular weight is 1350 g/mol. The van der Waals surface area contributed by atoms with Crippen LogP contribution in [0.3, 0.4) is 0 Å². The van der Waals surface area contributed by atoms with Crippen molar-refractivity contribution in [1.82, 2.24) is 9.97 Å². The lowest BCUT2D eigenvalue weighted by Crippen LogP contribution is -2.30. The molecule has 9 aromatic heterocycles. The normalized spacial score (nSPS) is 11.7. The molecule has 9 heterocycles. The molecule has 0 saturated heterocycles. The van der Waals surface area contributed by atoms with Gasteiger partial charge in [0.05, 0.1) is 5.56 Å². The maximum absolute atomic E-state index is 4.73. The topological polar surface area (TPSA) is 41.3 Å². The molecule has 18 aromatic rings. The minimum absolute atomic E-state index is 0.0836. The fourth-order valence-corrected chi connectivity index (χ4v) is 17.3. The summed E-state index contributed by atoms with van der Waals surface area (Å²) in [7, 11) is 8.51. The number of hydrogen-bond donors (Lipinski definition) is 0. The van der Waals surface area contributed by atoms with Gasteiger partial charge in [-0.25, -0.2) is 23.7 Å². The summed E-state index contributed by atoms with van der Waals surface area (Å²) in [6.45, 7) is 20.1. The molecule has 0 bridgehead atoms. The molecule has 0 amide bonds. The van der Waals surface area contributed by atoms with E-state index in [9.17, 15) is 0 Å². The van der Waals surface area contributed by atoms with Gasteiger partial charge in [-0.15, -0.1) is 11.3 Å². The maximum atomic E-state index is 4.73. The highest BCUT2D eigenvalue weighted by Gasteiger charge is 2.25. The predicted molar refractivity (Wildman–Crippen MR) is 421 cm³/mol. The summed E-state index contributed by atoms with van der Waals surface area (Å²) < 4.78 is 8.92. The Bertz CT molecular complexity index is 6190. The van der Waals surface area contributed by atoms with Crippen LogP contribution < -0.4 is 18.3 Å². The van der Waals surface area contributed by atoms with Gasteiger partial charge in [-0.2, -0.15) is 38.6 Å². The molecule has 0 N–H and O–H groups in total. The second-order valence-corrected chi connectivity index (χ2v) is 30.6. The van der Waals surface area contributed by atoms with Gasteiger partial charge >= 0.3 is 0 Å². The molecule has 9 aromatic carbocycles. The molecular formula is C88H78N6S4+4. The Labute approximate surface area is 588 Å². The monoisotopic (exact) mass is 1350 g/mol. The van der Waals surface area contributed by atoms with E-state index in [1.807, 2.05) is 10.8 Å². The van der Waals surface area contributed by atoms with E-state index in [1.54, 1.807) is 45.3 Å². The van der Waals surface area contributed by atoms with Crippen LogP contribution in [0.4, 0.5) is 0 Å². The van der Waals surface area contributed by atoms with Crippen molar-refractivity contribution in [3.8, 4) is 45.0 Å². The van der Waals surface area contributed by atoms with Crippen LogP contribution in [-0.2, 0) is 33.6 Å². The van der Waals surface area contributed by atoms with Crippen LogP contribution >= 0.6 is 45.3 Å². The number of hydrogen-bond acceptors (Lipinski definition) is 6.